The Labute approximate surface area is 204 Å². The van der Waals surface area contributed by atoms with Crippen molar-refractivity contribution in [1.82, 2.24) is 10.2 Å². The van der Waals surface area contributed by atoms with Gasteiger partial charge in [0.1, 0.15) is 5.60 Å². The van der Waals surface area contributed by atoms with Gasteiger partial charge in [-0.1, -0.05) is 48.9 Å². The molecule has 0 heterocycles. The second-order valence-corrected chi connectivity index (χ2v) is 11.1. The van der Waals surface area contributed by atoms with E-state index >= 15 is 0 Å². The number of hydrogen-bond acceptors (Lipinski definition) is 4. The van der Waals surface area contributed by atoms with Gasteiger partial charge in [-0.3, -0.25) is 0 Å². The number of carbonyl (C=O) groups excluding carboxylic acids is 1. The van der Waals surface area contributed by atoms with Crippen molar-refractivity contribution >= 4 is 6.09 Å². The molecule has 0 bridgehead atoms. The van der Waals surface area contributed by atoms with E-state index in [0.717, 1.165) is 31.4 Å². The summed E-state index contributed by atoms with van der Waals surface area (Å²) in [5.41, 5.74) is 2.64. The number of carbonyl (C=O) groups is 1. The molecule has 3 atom stereocenters. The molecular weight excluding hydrogens is 422 g/mol. The quantitative estimate of drug-likeness (QED) is 0.512. The average Bonchev–Trinajstić information content (AvgIpc) is 3.58. The highest BCUT2D eigenvalue weighted by Crippen LogP contribution is 2.49. The van der Waals surface area contributed by atoms with Gasteiger partial charge in [-0.2, -0.15) is 5.26 Å². The Bertz CT molecular complexity index is 1030. The van der Waals surface area contributed by atoms with Crippen molar-refractivity contribution < 1.29 is 9.53 Å². The summed E-state index contributed by atoms with van der Waals surface area (Å²) in [6.07, 6.45) is 4.19. The predicted octanol–water partition coefficient (Wildman–Crippen LogP) is 6.17. The van der Waals surface area contributed by atoms with E-state index in [1.54, 1.807) is 0 Å². The first-order valence-electron chi connectivity index (χ1n) is 12.5. The summed E-state index contributed by atoms with van der Waals surface area (Å²) in [5, 5.41) is 12.9. The first kappa shape index (κ1) is 24.3. The van der Waals surface area contributed by atoms with E-state index < -0.39 is 5.60 Å². The van der Waals surface area contributed by atoms with E-state index in [0.29, 0.717) is 18.0 Å². The van der Waals surface area contributed by atoms with Crippen LogP contribution in [0.25, 0.3) is 0 Å². The van der Waals surface area contributed by atoms with Crippen molar-refractivity contribution in [2.75, 3.05) is 13.1 Å². The van der Waals surface area contributed by atoms with Crippen molar-refractivity contribution in [2.24, 2.45) is 5.41 Å². The van der Waals surface area contributed by atoms with E-state index in [2.05, 4.69) is 48.6 Å². The van der Waals surface area contributed by atoms with Crippen molar-refractivity contribution in [3.63, 3.8) is 0 Å². The molecule has 2 aromatic carbocycles. The zero-order valence-electron chi connectivity index (χ0n) is 20.9. The van der Waals surface area contributed by atoms with Crippen LogP contribution >= 0.6 is 0 Å². The Balaban J connectivity index is 1.46. The third-order valence-corrected chi connectivity index (χ3v) is 7.23. The number of rotatable bonds is 8. The zero-order valence-corrected chi connectivity index (χ0v) is 20.9. The summed E-state index contributed by atoms with van der Waals surface area (Å²) < 4.78 is 5.86. The van der Waals surface area contributed by atoms with Crippen LogP contribution in [0.5, 0.6) is 0 Å². The van der Waals surface area contributed by atoms with Gasteiger partial charge in [-0.15, -0.1) is 0 Å². The van der Waals surface area contributed by atoms with Crippen molar-refractivity contribution in [2.45, 2.75) is 77.0 Å². The van der Waals surface area contributed by atoms with E-state index in [9.17, 15) is 10.1 Å². The molecule has 1 amide bonds. The predicted molar refractivity (Wildman–Crippen MR) is 134 cm³/mol. The van der Waals surface area contributed by atoms with Gasteiger partial charge in [0.15, 0.2) is 0 Å². The number of ether oxygens (including phenoxy) is 1. The SMILES string of the molecule is CC(NCC1(CN(C(=O)OC(C)(C)C)[C@H]2C[C@@H]2c2ccccc2)CCC1)c1cccc(C#N)c1. The molecule has 2 fully saturated rings. The zero-order chi connectivity index (χ0) is 24.3. The van der Waals surface area contributed by atoms with Crippen molar-refractivity contribution in [3.05, 3.63) is 71.3 Å². The van der Waals surface area contributed by atoms with E-state index in [4.69, 9.17) is 4.74 Å². The summed E-state index contributed by atoms with van der Waals surface area (Å²) in [6, 6.07) is 20.8. The lowest BCUT2D eigenvalue weighted by Crippen LogP contribution is -2.52. The lowest BCUT2D eigenvalue weighted by atomic mass is 9.68. The average molecular weight is 460 g/mol. The van der Waals surface area contributed by atoms with Gasteiger partial charge in [0.25, 0.3) is 0 Å². The van der Waals surface area contributed by atoms with Gasteiger partial charge >= 0.3 is 6.09 Å². The molecule has 2 aliphatic rings. The molecule has 0 aliphatic heterocycles. The Morgan fingerprint density at radius 3 is 2.56 bits per heavy atom. The maximum Gasteiger partial charge on any atom is 0.410 e. The highest BCUT2D eigenvalue weighted by Gasteiger charge is 2.50. The lowest BCUT2D eigenvalue weighted by molar-refractivity contribution is 0.000643. The Morgan fingerprint density at radius 1 is 1.21 bits per heavy atom. The van der Waals surface area contributed by atoms with Gasteiger partial charge in [0.2, 0.25) is 0 Å². The van der Waals surface area contributed by atoms with Gasteiger partial charge in [0.05, 0.1) is 11.6 Å². The van der Waals surface area contributed by atoms with Crippen LogP contribution in [0.1, 0.15) is 82.0 Å². The topological polar surface area (TPSA) is 65.4 Å². The number of nitrogens with zero attached hydrogens (tertiary/aromatic N) is 2. The van der Waals surface area contributed by atoms with Crippen LogP contribution in [-0.4, -0.2) is 35.7 Å². The standard InChI is InChI=1S/C29H37N3O2/c1-21(24-13-8-10-22(16-24)18-30)31-19-29(14-9-15-29)20-32(27(33)34-28(2,3)4)26-17-25(26)23-11-6-5-7-12-23/h5-8,10-13,16,21,25-26,31H,9,14-15,17,19-20H2,1-4H3/t21?,25-,26+/m1/s1. The van der Waals surface area contributed by atoms with Crippen molar-refractivity contribution in [3.8, 4) is 6.07 Å². The maximum absolute atomic E-state index is 13.3. The van der Waals surface area contributed by atoms with Crippen molar-refractivity contribution in [1.29, 1.82) is 5.26 Å². The largest absolute Gasteiger partial charge is 0.444 e. The highest BCUT2D eigenvalue weighted by atomic mass is 16.6. The molecule has 0 spiro atoms. The van der Waals surface area contributed by atoms with Crippen LogP contribution in [0.4, 0.5) is 4.79 Å². The van der Waals surface area contributed by atoms with Gasteiger partial charge in [0, 0.05) is 36.5 Å². The molecule has 34 heavy (non-hydrogen) atoms. The fourth-order valence-corrected chi connectivity index (χ4v) is 5.02. The summed E-state index contributed by atoms with van der Waals surface area (Å²) in [6.45, 7) is 9.49. The number of hydrogen-bond donors (Lipinski definition) is 1. The smallest absolute Gasteiger partial charge is 0.410 e. The molecule has 0 aromatic heterocycles. The molecule has 1 unspecified atom stereocenters. The van der Waals surface area contributed by atoms with E-state index in [1.165, 1.54) is 12.0 Å². The molecular formula is C29H37N3O2. The van der Waals surface area contributed by atoms with Crippen LogP contribution in [-0.2, 0) is 4.74 Å². The number of amides is 1. The van der Waals surface area contributed by atoms with Crippen LogP contribution in [0.3, 0.4) is 0 Å². The third kappa shape index (κ3) is 5.80. The Kier molecular flexibility index (Phi) is 7.00. The summed E-state index contributed by atoms with van der Waals surface area (Å²) in [4.78, 5) is 15.3. The van der Waals surface area contributed by atoms with Crippen LogP contribution in [0.15, 0.2) is 54.6 Å². The van der Waals surface area contributed by atoms with Crippen LogP contribution in [0.2, 0.25) is 0 Å². The Morgan fingerprint density at radius 2 is 1.94 bits per heavy atom. The fraction of sp³-hybridized carbons (Fsp3) is 0.517. The highest BCUT2D eigenvalue weighted by molar-refractivity contribution is 5.69. The second kappa shape index (κ2) is 9.80. The van der Waals surface area contributed by atoms with Gasteiger partial charge < -0.3 is 15.0 Å². The minimum Gasteiger partial charge on any atom is -0.444 e. The molecule has 5 heteroatoms. The van der Waals surface area contributed by atoms with E-state index in [1.807, 2.05) is 49.9 Å². The molecule has 2 aliphatic carbocycles. The third-order valence-electron chi connectivity index (χ3n) is 7.23. The van der Waals surface area contributed by atoms with Crippen LogP contribution in [0, 0.1) is 16.7 Å². The fourth-order valence-electron chi connectivity index (χ4n) is 5.02. The Hall–Kier alpha value is -2.84. The molecule has 2 saturated carbocycles. The molecule has 4 rings (SSSR count). The maximum atomic E-state index is 13.3. The second-order valence-electron chi connectivity index (χ2n) is 11.1. The lowest BCUT2D eigenvalue weighted by Gasteiger charge is -2.46. The number of nitriles is 1. The van der Waals surface area contributed by atoms with Gasteiger partial charge in [-0.25, -0.2) is 4.79 Å². The first-order valence-corrected chi connectivity index (χ1v) is 12.5. The summed E-state index contributed by atoms with van der Waals surface area (Å²) in [7, 11) is 0. The molecule has 1 N–H and O–H groups in total. The molecule has 180 valence electrons. The number of benzene rings is 2. The summed E-state index contributed by atoms with van der Waals surface area (Å²) in [5.74, 6) is 0.381. The monoisotopic (exact) mass is 459 g/mol. The number of nitrogens with one attached hydrogen (secondary N) is 1. The minimum absolute atomic E-state index is 0.0574. The van der Waals surface area contributed by atoms with E-state index in [-0.39, 0.29) is 23.6 Å². The normalized spacial score (nSPS) is 21.6. The minimum atomic E-state index is -0.516. The molecule has 2 aromatic rings. The van der Waals surface area contributed by atoms with Gasteiger partial charge in [-0.05, 0) is 70.2 Å². The molecule has 0 saturated heterocycles. The van der Waals surface area contributed by atoms with Crippen LogP contribution < -0.4 is 5.32 Å². The molecule has 0 radical (unpaired) electrons. The summed E-state index contributed by atoms with van der Waals surface area (Å²) >= 11 is 0. The first-order chi connectivity index (χ1) is 16.2. The molecule has 5 nitrogen and oxygen atoms in total.